The zero-order chi connectivity index (χ0) is 26.1. The van der Waals surface area contributed by atoms with E-state index in [1.807, 2.05) is 45.2 Å². The number of thioether (sulfide) groups is 1. The van der Waals surface area contributed by atoms with Crippen molar-refractivity contribution in [2.75, 3.05) is 19.1 Å². The van der Waals surface area contributed by atoms with E-state index in [0.717, 1.165) is 29.5 Å². The summed E-state index contributed by atoms with van der Waals surface area (Å²) in [5.74, 6) is 0.115. The third-order valence-electron chi connectivity index (χ3n) is 5.63. The monoisotopic (exact) mass is 493 g/mol. The average Bonchev–Trinajstić information content (AvgIpc) is 2.72. The maximum Gasteiger partial charge on any atom is 0.408 e. The van der Waals surface area contributed by atoms with E-state index in [1.165, 1.54) is 4.90 Å². The Kier molecular flexibility index (Phi) is 11.9. The minimum atomic E-state index is -0.816. The summed E-state index contributed by atoms with van der Waals surface area (Å²) in [7, 11) is 1.63. The largest absolute Gasteiger partial charge is 0.444 e. The molecule has 0 radical (unpaired) electrons. The van der Waals surface area contributed by atoms with Crippen molar-refractivity contribution in [2.45, 2.75) is 91.5 Å². The Bertz CT molecular complexity index is 838. The summed E-state index contributed by atoms with van der Waals surface area (Å²) in [6.45, 7) is 13.3. The van der Waals surface area contributed by atoms with Crippen molar-refractivity contribution in [1.29, 1.82) is 0 Å². The lowest BCUT2D eigenvalue weighted by Crippen LogP contribution is -2.52. The smallest absolute Gasteiger partial charge is 0.408 e. The normalized spacial score (nSPS) is 14.0. The Balaban J connectivity index is 3.31. The van der Waals surface area contributed by atoms with E-state index >= 15 is 0 Å². The van der Waals surface area contributed by atoms with Crippen LogP contribution in [0.5, 0.6) is 0 Å². The van der Waals surface area contributed by atoms with E-state index < -0.39 is 23.8 Å². The Morgan fingerprint density at radius 1 is 1.12 bits per heavy atom. The molecule has 8 heteroatoms. The number of nitrogens with one attached hydrogen (secondary N) is 2. The number of rotatable bonds is 11. The molecule has 0 aromatic heterocycles. The van der Waals surface area contributed by atoms with Gasteiger partial charge >= 0.3 is 6.09 Å². The Hall–Kier alpha value is -2.22. The molecule has 192 valence electrons. The average molecular weight is 494 g/mol. The molecule has 7 nitrogen and oxygen atoms in total. The number of likely N-dealkylation sites (N-methyl/N-ethyl adjacent to an activating group) is 1. The number of carbonyl (C=O) groups is 3. The first-order chi connectivity index (χ1) is 15.8. The molecule has 0 bridgehead atoms. The van der Waals surface area contributed by atoms with Gasteiger partial charge in [0.15, 0.2) is 0 Å². The summed E-state index contributed by atoms with van der Waals surface area (Å²) in [5.41, 5.74) is 2.10. The molecule has 3 amide bonds. The molecule has 0 saturated heterocycles. The highest BCUT2D eigenvalue weighted by Crippen LogP contribution is 2.27. The van der Waals surface area contributed by atoms with Crippen molar-refractivity contribution in [1.82, 2.24) is 15.5 Å². The highest BCUT2D eigenvalue weighted by molar-refractivity contribution is 7.98. The number of amides is 3. The van der Waals surface area contributed by atoms with E-state index in [9.17, 15) is 14.4 Å². The van der Waals surface area contributed by atoms with Gasteiger partial charge in [-0.1, -0.05) is 31.5 Å². The molecule has 0 fully saturated rings. The second-order valence-corrected chi connectivity index (χ2v) is 10.8. The zero-order valence-corrected chi connectivity index (χ0v) is 23.1. The fourth-order valence-electron chi connectivity index (χ4n) is 3.74. The first kappa shape index (κ1) is 29.8. The predicted octanol–water partition coefficient (Wildman–Crippen LogP) is 4.75. The standard InChI is InChI=1S/C26H43N3O4S/c1-10-12-18(3)27-23(30)22(20-14-11-13-17(2)19(20)4)29(8)24(31)21(15-16-34-9)28-25(32)33-26(5,6)7/h11,13-14,18,21-22H,10,12,15-16H2,1-9H3,(H,27,30)(H,28,32). The first-order valence-corrected chi connectivity index (χ1v) is 13.3. The molecule has 1 aromatic carbocycles. The van der Waals surface area contributed by atoms with Gasteiger partial charge in [-0.05, 0) is 83.1 Å². The predicted molar refractivity (Wildman–Crippen MR) is 140 cm³/mol. The number of hydrogen-bond acceptors (Lipinski definition) is 5. The lowest BCUT2D eigenvalue weighted by molar-refractivity contribution is -0.141. The van der Waals surface area contributed by atoms with Gasteiger partial charge in [-0.15, -0.1) is 0 Å². The highest BCUT2D eigenvalue weighted by Gasteiger charge is 2.35. The molecule has 0 spiro atoms. The van der Waals surface area contributed by atoms with Gasteiger partial charge < -0.3 is 20.3 Å². The second kappa shape index (κ2) is 13.6. The van der Waals surface area contributed by atoms with Crippen LogP contribution in [-0.4, -0.2) is 59.5 Å². The van der Waals surface area contributed by atoms with Crippen molar-refractivity contribution in [3.8, 4) is 0 Å². The third-order valence-corrected chi connectivity index (χ3v) is 6.28. The maximum atomic E-state index is 13.6. The van der Waals surface area contributed by atoms with Gasteiger partial charge in [0.05, 0.1) is 0 Å². The Morgan fingerprint density at radius 3 is 2.32 bits per heavy atom. The second-order valence-electron chi connectivity index (χ2n) is 9.82. The summed E-state index contributed by atoms with van der Waals surface area (Å²) >= 11 is 1.59. The Labute approximate surface area is 209 Å². The van der Waals surface area contributed by atoms with Crippen LogP contribution in [0.25, 0.3) is 0 Å². The molecule has 0 heterocycles. The quantitative estimate of drug-likeness (QED) is 0.464. The van der Waals surface area contributed by atoms with Gasteiger partial charge in [-0.25, -0.2) is 4.79 Å². The summed E-state index contributed by atoms with van der Waals surface area (Å²) in [4.78, 5) is 41.0. The molecule has 3 atom stereocenters. The first-order valence-electron chi connectivity index (χ1n) is 11.9. The van der Waals surface area contributed by atoms with Crippen LogP contribution < -0.4 is 10.6 Å². The van der Waals surface area contributed by atoms with Crippen LogP contribution in [0, 0.1) is 13.8 Å². The van der Waals surface area contributed by atoms with Crippen LogP contribution in [0.1, 0.15) is 76.6 Å². The van der Waals surface area contributed by atoms with Crippen LogP contribution in [0.3, 0.4) is 0 Å². The summed E-state index contributed by atoms with van der Waals surface area (Å²) < 4.78 is 5.38. The van der Waals surface area contributed by atoms with Gasteiger partial charge in [-0.2, -0.15) is 11.8 Å². The minimum Gasteiger partial charge on any atom is -0.444 e. The lowest BCUT2D eigenvalue weighted by Gasteiger charge is -2.33. The number of hydrogen-bond donors (Lipinski definition) is 2. The molecule has 0 aliphatic carbocycles. The van der Waals surface area contributed by atoms with Gasteiger partial charge in [0, 0.05) is 13.1 Å². The number of alkyl carbamates (subject to hydrolysis) is 1. The molecule has 34 heavy (non-hydrogen) atoms. The van der Waals surface area contributed by atoms with Crippen molar-refractivity contribution < 1.29 is 19.1 Å². The molecule has 3 unspecified atom stereocenters. The molecule has 2 N–H and O–H groups in total. The lowest BCUT2D eigenvalue weighted by atomic mass is 9.95. The summed E-state index contributed by atoms with van der Waals surface area (Å²) in [5, 5.41) is 5.79. The van der Waals surface area contributed by atoms with Crippen molar-refractivity contribution in [3.63, 3.8) is 0 Å². The zero-order valence-electron chi connectivity index (χ0n) is 22.3. The molecule has 0 saturated carbocycles. The summed E-state index contributed by atoms with van der Waals surface area (Å²) in [6.07, 6.45) is 3.52. The maximum absolute atomic E-state index is 13.6. The molecule has 0 aliphatic heterocycles. The topological polar surface area (TPSA) is 87.7 Å². The molecular weight excluding hydrogens is 450 g/mol. The number of aryl methyl sites for hydroxylation is 1. The Morgan fingerprint density at radius 2 is 1.76 bits per heavy atom. The van der Waals surface area contributed by atoms with Crippen molar-refractivity contribution in [2.24, 2.45) is 0 Å². The fraction of sp³-hybridized carbons (Fsp3) is 0.654. The van der Waals surface area contributed by atoms with E-state index in [2.05, 4.69) is 17.6 Å². The molecule has 1 rings (SSSR count). The van der Waals surface area contributed by atoms with E-state index in [0.29, 0.717) is 12.2 Å². The van der Waals surface area contributed by atoms with Crippen molar-refractivity contribution >= 4 is 29.7 Å². The fourth-order valence-corrected chi connectivity index (χ4v) is 4.21. The highest BCUT2D eigenvalue weighted by atomic mass is 32.2. The minimum absolute atomic E-state index is 0.0132. The number of nitrogens with zero attached hydrogens (tertiary/aromatic N) is 1. The molecule has 0 aliphatic rings. The molecule has 1 aromatic rings. The van der Waals surface area contributed by atoms with Crippen LogP contribution in [-0.2, 0) is 14.3 Å². The van der Waals surface area contributed by atoms with Crippen LogP contribution in [0.4, 0.5) is 4.79 Å². The SMILES string of the molecule is CCCC(C)NC(=O)C(c1cccc(C)c1C)N(C)C(=O)C(CCSC)NC(=O)OC(C)(C)C. The molecular formula is C26H43N3O4S. The third kappa shape index (κ3) is 9.20. The van der Waals surface area contributed by atoms with E-state index in [4.69, 9.17) is 4.74 Å². The van der Waals surface area contributed by atoms with E-state index in [-0.39, 0.29) is 17.9 Å². The van der Waals surface area contributed by atoms with E-state index in [1.54, 1.807) is 39.6 Å². The van der Waals surface area contributed by atoms with Gasteiger partial charge in [0.25, 0.3) is 0 Å². The van der Waals surface area contributed by atoms with Crippen LogP contribution >= 0.6 is 11.8 Å². The van der Waals surface area contributed by atoms with Crippen LogP contribution in [0.2, 0.25) is 0 Å². The summed E-state index contributed by atoms with van der Waals surface area (Å²) in [6, 6.07) is 4.14. The van der Waals surface area contributed by atoms with Gasteiger partial charge in [0.1, 0.15) is 17.7 Å². The number of benzene rings is 1. The van der Waals surface area contributed by atoms with Gasteiger partial charge in [0.2, 0.25) is 11.8 Å². The van der Waals surface area contributed by atoms with Crippen molar-refractivity contribution in [3.05, 3.63) is 34.9 Å². The van der Waals surface area contributed by atoms with Crippen LogP contribution in [0.15, 0.2) is 18.2 Å². The number of carbonyl (C=O) groups excluding carboxylic acids is 3. The number of ether oxygens (including phenoxy) is 1. The van der Waals surface area contributed by atoms with Gasteiger partial charge in [-0.3, -0.25) is 9.59 Å².